The van der Waals surface area contributed by atoms with Crippen LogP contribution in [0.2, 0.25) is 0 Å². The third-order valence-corrected chi connectivity index (χ3v) is 8.17. The first kappa shape index (κ1) is 26.3. The third-order valence-electron chi connectivity index (χ3n) is 6.42. The summed E-state index contributed by atoms with van der Waals surface area (Å²) in [6.07, 6.45) is 0.351. The standard InChI is InChI=1S/C26H28N2O8S/c1-3-27(18-11-12-37(33,34)16-18)23(29)15-36-26(32)21-13-17(9-10-22(21)35-4-2)14-28-24(30)19-7-5-6-8-20(19)25(28)31/h5-10,13,18H,3-4,11-12,14-16H2,1-2H3/t18-/m1/s1. The second-order valence-corrected chi connectivity index (χ2v) is 11.0. The monoisotopic (exact) mass is 528 g/mol. The van der Waals surface area contributed by atoms with Crippen molar-refractivity contribution < 1.29 is 37.1 Å². The molecule has 2 heterocycles. The Balaban J connectivity index is 1.47. The van der Waals surface area contributed by atoms with E-state index in [2.05, 4.69) is 0 Å². The summed E-state index contributed by atoms with van der Waals surface area (Å²) in [5, 5.41) is 0. The zero-order valence-corrected chi connectivity index (χ0v) is 21.5. The predicted molar refractivity (Wildman–Crippen MR) is 133 cm³/mol. The first-order chi connectivity index (χ1) is 17.6. The van der Waals surface area contributed by atoms with Crippen LogP contribution in [-0.4, -0.2) is 79.2 Å². The average molecular weight is 529 g/mol. The Kier molecular flexibility index (Phi) is 7.63. The van der Waals surface area contributed by atoms with Gasteiger partial charge >= 0.3 is 5.97 Å². The van der Waals surface area contributed by atoms with Gasteiger partial charge in [-0.05, 0) is 50.1 Å². The van der Waals surface area contributed by atoms with E-state index in [1.54, 1.807) is 50.2 Å². The quantitative estimate of drug-likeness (QED) is 0.358. The van der Waals surface area contributed by atoms with Crippen LogP contribution in [0.15, 0.2) is 42.5 Å². The van der Waals surface area contributed by atoms with Crippen molar-refractivity contribution in [2.75, 3.05) is 31.3 Å². The minimum atomic E-state index is -3.18. The fourth-order valence-electron chi connectivity index (χ4n) is 4.63. The SMILES string of the molecule is CCOc1ccc(CN2C(=O)c3ccccc3C2=O)cc1C(=O)OCC(=O)N(CC)[C@@H]1CCS(=O)(=O)C1. The smallest absolute Gasteiger partial charge is 0.342 e. The number of carbonyl (C=O) groups is 4. The molecular formula is C26H28N2O8S. The summed E-state index contributed by atoms with van der Waals surface area (Å²) in [6, 6.07) is 10.8. The van der Waals surface area contributed by atoms with Crippen LogP contribution in [0.25, 0.3) is 0 Å². The molecule has 10 nitrogen and oxygen atoms in total. The van der Waals surface area contributed by atoms with Crippen molar-refractivity contribution in [2.45, 2.75) is 32.9 Å². The van der Waals surface area contributed by atoms with E-state index in [4.69, 9.17) is 9.47 Å². The van der Waals surface area contributed by atoms with Gasteiger partial charge in [-0.2, -0.15) is 0 Å². The fourth-order valence-corrected chi connectivity index (χ4v) is 6.36. The molecule has 37 heavy (non-hydrogen) atoms. The summed E-state index contributed by atoms with van der Waals surface area (Å²) in [7, 11) is -3.18. The maximum atomic E-state index is 13.0. The lowest BCUT2D eigenvalue weighted by Crippen LogP contribution is -2.43. The lowest BCUT2D eigenvalue weighted by molar-refractivity contribution is -0.136. The van der Waals surface area contributed by atoms with Crippen molar-refractivity contribution in [3.63, 3.8) is 0 Å². The molecule has 0 radical (unpaired) electrons. The van der Waals surface area contributed by atoms with E-state index in [0.29, 0.717) is 23.1 Å². The average Bonchev–Trinajstić information content (AvgIpc) is 3.35. The first-order valence-corrected chi connectivity index (χ1v) is 13.8. The zero-order valence-electron chi connectivity index (χ0n) is 20.6. The van der Waals surface area contributed by atoms with Crippen LogP contribution in [0.5, 0.6) is 5.75 Å². The van der Waals surface area contributed by atoms with Crippen molar-refractivity contribution in [1.29, 1.82) is 0 Å². The number of carbonyl (C=O) groups excluding carboxylic acids is 4. The van der Waals surface area contributed by atoms with Gasteiger partial charge in [0.25, 0.3) is 17.7 Å². The number of likely N-dealkylation sites (N-methyl/N-ethyl adjacent to an activating group) is 1. The van der Waals surface area contributed by atoms with Gasteiger partial charge in [0.1, 0.15) is 11.3 Å². The molecule has 0 aromatic heterocycles. The summed E-state index contributed by atoms with van der Waals surface area (Å²) in [4.78, 5) is 53.7. The number of nitrogens with zero attached hydrogens (tertiary/aromatic N) is 2. The maximum absolute atomic E-state index is 13.0. The number of hydrogen-bond donors (Lipinski definition) is 0. The van der Waals surface area contributed by atoms with Gasteiger partial charge in [-0.25, -0.2) is 13.2 Å². The van der Waals surface area contributed by atoms with Crippen molar-refractivity contribution in [2.24, 2.45) is 0 Å². The number of ether oxygens (including phenoxy) is 2. The summed E-state index contributed by atoms with van der Waals surface area (Å²) < 4.78 is 34.5. The predicted octanol–water partition coefficient (Wildman–Crippen LogP) is 2.07. The van der Waals surface area contributed by atoms with Crippen LogP contribution in [0.4, 0.5) is 0 Å². The van der Waals surface area contributed by atoms with E-state index in [1.807, 2.05) is 0 Å². The van der Waals surface area contributed by atoms with E-state index in [0.717, 1.165) is 4.90 Å². The van der Waals surface area contributed by atoms with Crippen LogP contribution in [-0.2, 0) is 25.9 Å². The molecule has 4 rings (SSSR count). The minimum Gasteiger partial charge on any atom is -0.493 e. The number of sulfone groups is 1. The molecule has 0 N–H and O–H groups in total. The number of imide groups is 1. The summed E-state index contributed by atoms with van der Waals surface area (Å²) >= 11 is 0. The Morgan fingerprint density at radius 2 is 1.73 bits per heavy atom. The van der Waals surface area contributed by atoms with Gasteiger partial charge in [0.2, 0.25) is 0 Å². The topological polar surface area (TPSA) is 127 Å². The molecule has 0 spiro atoms. The summed E-state index contributed by atoms with van der Waals surface area (Å²) in [6.45, 7) is 3.43. The molecule has 1 fully saturated rings. The number of esters is 1. The van der Waals surface area contributed by atoms with Crippen LogP contribution < -0.4 is 4.74 Å². The molecule has 196 valence electrons. The molecule has 2 aliphatic heterocycles. The molecule has 0 unspecified atom stereocenters. The van der Waals surface area contributed by atoms with Gasteiger partial charge < -0.3 is 14.4 Å². The molecule has 2 aliphatic rings. The molecule has 0 saturated carbocycles. The lowest BCUT2D eigenvalue weighted by atomic mass is 10.1. The summed E-state index contributed by atoms with van der Waals surface area (Å²) in [5.41, 5.74) is 1.21. The molecule has 3 amide bonds. The number of hydrogen-bond acceptors (Lipinski definition) is 8. The Hall–Kier alpha value is -3.73. The highest BCUT2D eigenvalue weighted by Crippen LogP contribution is 2.27. The Bertz CT molecular complexity index is 1320. The zero-order chi connectivity index (χ0) is 26.7. The molecule has 1 atom stereocenters. The molecule has 11 heteroatoms. The maximum Gasteiger partial charge on any atom is 0.342 e. The molecule has 1 saturated heterocycles. The first-order valence-electron chi connectivity index (χ1n) is 12.0. The van der Waals surface area contributed by atoms with Crippen molar-refractivity contribution >= 4 is 33.5 Å². The molecule has 0 aliphatic carbocycles. The van der Waals surface area contributed by atoms with Crippen molar-refractivity contribution in [1.82, 2.24) is 9.80 Å². The van der Waals surface area contributed by atoms with Crippen LogP contribution in [0.1, 0.15) is 56.9 Å². The normalized spacial score (nSPS) is 18.0. The van der Waals surface area contributed by atoms with Crippen molar-refractivity contribution in [3.8, 4) is 5.75 Å². The highest BCUT2D eigenvalue weighted by Gasteiger charge is 2.36. The Morgan fingerprint density at radius 3 is 2.30 bits per heavy atom. The van der Waals surface area contributed by atoms with E-state index in [-0.39, 0.29) is 42.5 Å². The second-order valence-electron chi connectivity index (χ2n) is 8.82. The minimum absolute atomic E-state index is 0.0266. The van der Waals surface area contributed by atoms with Gasteiger partial charge in [0.05, 0.1) is 35.8 Å². The van der Waals surface area contributed by atoms with Gasteiger partial charge in [-0.15, -0.1) is 0 Å². The number of benzene rings is 2. The second kappa shape index (κ2) is 10.7. The van der Waals surface area contributed by atoms with Gasteiger partial charge in [0, 0.05) is 12.6 Å². The lowest BCUT2D eigenvalue weighted by Gasteiger charge is -2.26. The number of amides is 3. The highest BCUT2D eigenvalue weighted by molar-refractivity contribution is 7.91. The summed E-state index contributed by atoms with van der Waals surface area (Å²) in [5.74, 6) is -1.97. The van der Waals surface area contributed by atoms with E-state index in [1.165, 1.54) is 11.0 Å². The number of rotatable bonds is 9. The molecule has 2 aromatic carbocycles. The highest BCUT2D eigenvalue weighted by atomic mass is 32.2. The van der Waals surface area contributed by atoms with Gasteiger partial charge in [0.15, 0.2) is 16.4 Å². The largest absolute Gasteiger partial charge is 0.493 e. The Morgan fingerprint density at radius 1 is 1.05 bits per heavy atom. The van der Waals surface area contributed by atoms with Gasteiger partial charge in [-0.3, -0.25) is 19.3 Å². The van der Waals surface area contributed by atoms with E-state index < -0.39 is 46.2 Å². The van der Waals surface area contributed by atoms with Gasteiger partial charge in [-0.1, -0.05) is 18.2 Å². The van der Waals surface area contributed by atoms with Crippen LogP contribution in [0, 0.1) is 0 Å². The fraction of sp³-hybridized carbons (Fsp3) is 0.385. The molecule has 2 aromatic rings. The third kappa shape index (κ3) is 5.51. The van der Waals surface area contributed by atoms with E-state index in [9.17, 15) is 27.6 Å². The Labute approximate surface area is 215 Å². The molecular weight excluding hydrogens is 500 g/mol. The van der Waals surface area contributed by atoms with Crippen LogP contribution in [0.3, 0.4) is 0 Å². The number of fused-ring (bicyclic) bond motifs is 1. The van der Waals surface area contributed by atoms with Crippen molar-refractivity contribution in [3.05, 3.63) is 64.7 Å². The van der Waals surface area contributed by atoms with E-state index >= 15 is 0 Å². The van der Waals surface area contributed by atoms with Crippen LogP contribution >= 0.6 is 0 Å². The molecule has 0 bridgehead atoms.